The van der Waals surface area contributed by atoms with Crippen LogP contribution >= 0.6 is 12.2 Å². The number of para-hydroxylation sites is 1. The molecule has 7 heteroatoms. The maximum Gasteiger partial charge on any atom is 0.283 e. The molecule has 2 rings (SSSR count). The molecule has 6 nitrogen and oxygen atoms in total. The molecule has 0 aliphatic heterocycles. The van der Waals surface area contributed by atoms with Crippen LogP contribution in [-0.2, 0) is 0 Å². The smallest absolute Gasteiger partial charge is 0.283 e. The zero-order valence-corrected chi connectivity index (χ0v) is 9.40. The highest BCUT2D eigenvalue weighted by atomic mass is 32.1. The van der Waals surface area contributed by atoms with Crippen LogP contribution in [0.15, 0.2) is 40.3 Å². The lowest BCUT2D eigenvalue weighted by Crippen LogP contribution is -2.16. The van der Waals surface area contributed by atoms with Crippen molar-refractivity contribution in [1.82, 2.24) is 9.55 Å². The molecule has 0 spiro atoms. The second-order valence-electron chi connectivity index (χ2n) is 3.26. The van der Waals surface area contributed by atoms with Crippen molar-refractivity contribution in [3.63, 3.8) is 0 Å². The van der Waals surface area contributed by atoms with E-state index >= 15 is 0 Å². The first kappa shape index (κ1) is 11.2. The van der Waals surface area contributed by atoms with Crippen molar-refractivity contribution < 1.29 is 0 Å². The minimum Gasteiger partial charge on any atom is -0.383 e. The average molecular weight is 248 g/mol. The molecule has 0 fully saturated rings. The summed E-state index contributed by atoms with van der Waals surface area (Å²) < 4.78 is 1.50. The third-order valence-electron chi connectivity index (χ3n) is 2.23. The van der Waals surface area contributed by atoms with Crippen LogP contribution in [0.25, 0.3) is 5.69 Å². The third-order valence-corrected chi connectivity index (χ3v) is 2.51. The molecular weight excluding hydrogens is 240 g/mol. The van der Waals surface area contributed by atoms with E-state index in [1.165, 1.54) is 4.57 Å². The van der Waals surface area contributed by atoms with E-state index in [2.05, 4.69) is 10.2 Å². The van der Waals surface area contributed by atoms with E-state index in [1.807, 2.05) is 6.07 Å². The highest BCUT2D eigenvalue weighted by molar-refractivity contribution is 7.71. The van der Waals surface area contributed by atoms with Gasteiger partial charge in [-0.05, 0) is 29.5 Å². The molecule has 0 amide bonds. The fraction of sp³-hybridized carbons (Fsp3) is 0. The number of aromatic amines is 1. The van der Waals surface area contributed by atoms with E-state index in [4.69, 9.17) is 18.0 Å². The number of rotatable bonds is 2. The Morgan fingerprint density at radius 2 is 1.94 bits per heavy atom. The lowest BCUT2D eigenvalue weighted by Gasteiger charge is -2.10. The van der Waals surface area contributed by atoms with Crippen molar-refractivity contribution in [3.8, 4) is 5.69 Å². The number of aromatic nitrogens is 2. The molecule has 1 heterocycles. The van der Waals surface area contributed by atoms with Gasteiger partial charge in [0.2, 0.25) is 5.69 Å². The molecular formula is C10H8N4O2S. The van der Waals surface area contributed by atoms with Gasteiger partial charge >= 0.3 is 0 Å². The van der Waals surface area contributed by atoms with Crippen LogP contribution in [0.4, 0.5) is 11.5 Å². The number of hydrogen-bond donors (Lipinski definition) is 2. The van der Waals surface area contributed by atoms with Crippen molar-refractivity contribution in [2.45, 2.75) is 0 Å². The fourth-order valence-electron chi connectivity index (χ4n) is 1.47. The molecule has 0 radical (unpaired) electrons. The molecule has 86 valence electrons. The van der Waals surface area contributed by atoms with Crippen LogP contribution in [0.5, 0.6) is 0 Å². The first-order chi connectivity index (χ1) is 8.15. The van der Waals surface area contributed by atoms with Crippen LogP contribution in [0.2, 0.25) is 0 Å². The topological polar surface area (TPSA) is 93.2 Å². The molecule has 0 unspecified atom stereocenters. The molecule has 1 aromatic heterocycles. The van der Waals surface area contributed by atoms with Crippen LogP contribution in [0.3, 0.4) is 0 Å². The maximum atomic E-state index is 11.4. The fourth-order valence-corrected chi connectivity index (χ4v) is 1.76. The van der Waals surface area contributed by atoms with Gasteiger partial charge in [-0.2, -0.15) is 0 Å². The van der Waals surface area contributed by atoms with Crippen LogP contribution in [-0.4, -0.2) is 9.55 Å². The Labute approximate surface area is 101 Å². The third kappa shape index (κ3) is 1.87. The summed E-state index contributed by atoms with van der Waals surface area (Å²) in [6, 6.07) is 8.90. The van der Waals surface area contributed by atoms with Crippen molar-refractivity contribution in [1.29, 1.82) is 0 Å². The summed E-state index contributed by atoms with van der Waals surface area (Å²) in [5.74, 6) is -0.0695. The Morgan fingerprint density at radius 1 is 1.29 bits per heavy atom. The zero-order chi connectivity index (χ0) is 12.4. The highest BCUT2D eigenvalue weighted by Gasteiger charge is 2.11. The number of nitrogens with zero attached hydrogens (tertiary/aromatic N) is 2. The van der Waals surface area contributed by atoms with E-state index in [9.17, 15) is 9.70 Å². The zero-order valence-electron chi connectivity index (χ0n) is 8.58. The largest absolute Gasteiger partial charge is 0.383 e. The van der Waals surface area contributed by atoms with E-state index in [-0.39, 0.29) is 16.3 Å². The summed E-state index contributed by atoms with van der Waals surface area (Å²) in [6.45, 7) is 0. The van der Waals surface area contributed by atoms with E-state index in [0.717, 1.165) is 0 Å². The lowest BCUT2D eigenvalue weighted by molar-refractivity contribution is 0.949. The van der Waals surface area contributed by atoms with Gasteiger partial charge in [0.05, 0.1) is 0 Å². The molecule has 2 aromatic rings. The molecule has 0 bridgehead atoms. The van der Waals surface area contributed by atoms with Gasteiger partial charge < -0.3 is 5.73 Å². The van der Waals surface area contributed by atoms with Crippen molar-refractivity contribution in [2.75, 3.05) is 5.73 Å². The number of anilines is 1. The van der Waals surface area contributed by atoms with Crippen LogP contribution in [0.1, 0.15) is 0 Å². The molecule has 0 aliphatic rings. The predicted molar refractivity (Wildman–Crippen MR) is 67.1 cm³/mol. The van der Waals surface area contributed by atoms with Gasteiger partial charge in [0.25, 0.3) is 5.56 Å². The molecule has 0 saturated heterocycles. The van der Waals surface area contributed by atoms with Crippen LogP contribution < -0.4 is 11.3 Å². The van der Waals surface area contributed by atoms with Gasteiger partial charge in [0, 0.05) is 5.69 Å². The van der Waals surface area contributed by atoms with Crippen LogP contribution in [0, 0.1) is 9.68 Å². The number of nitrogens with two attached hydrogens (primary N) is 1. The second-order valence-corrected chi connectivity index (χ2v) is 3.64. The first-order valence-corrected chi connectivity index (χ1v) is 5.09. The quantitative estimate of drug-likeness (QED) is 0.626. The molecule has 0 atom stereocenters. The minimum absolute atomic E-state index is 0.0695. The van der Waals surface area contributed by atoms with E-state index in [1.54, 1.807) is 24.3 Å². The number of nitroso groups, excluding NO2 is 1. The summed E-state index contributed by atoms with van der Waals surface area (Å²) >= 11 is 5.00. The molecule has 0 saturated carbocycles. The molecule has 0 aliphatic carbocycles. The lowest BCUT2D eigenvalue weighted by atomic mass is 10.3. The standard InChI is InChI=1S/C10H8N4O2S/c11-8-7(13-16)9(15)12-10(17)14(8)6-4-2-1-3-5-6/h1-5H,11H2,(H,12,15,17). The summed E-state index contributed by atoms with van der Waals surface area (Å²) in [4.78, 5) is 24.3. The molecule has 3 N–H and O–H groups in total. The van der Waals surface area contributed by atoms with Gasteiger partial charge in [0.15, 0.2) is 4.77 Å². The first-order valence-electron chi connectivity index (χ1n) is 4.68. The number of benzene rings is 1. The summed E-state index contributed by atoms with van der Waals surface area (Å²) in [5, 5.41) is 2.61. The van der Waals surface area contributed by atoms with Crippen molar-refractivity contribution in [2.24, 2.45) is 5.18 Å². The summed E-state index contributed by atoms with van der Waals surface area (Å²) in [7, 11) is 0. The Morgan fingerprint density at radius 3 is 2.53 bits per heavy atom. The predicted octanol–water partition coefficient (Wildman–Crippen LogP) is 1.88. The SMILES string of the molecule is Nc1c(N=O)c(=O)[nH]c(=S)n1-c1ccccc1. The maximum absolute atomic E-state index is 11.4. The number of H-pyrrole nitrogens is 1. The number of nitrogen functional groups attached to an aromatic ring is 1. The van der Waals surface area contributed by atoms with E-state index in [0.29, 0.717) is 5.69 Å². The average Bonchev–Trinajstić information content (AvgIpc) is 2.30. The Hall–Kier alpha value is -2.28. The minimum atomic E-state index is -0.685. The molecule has 17 heavy (non-hydrogen) atoms. The number of hydrogen-bond acceptors (Lipinski definition) is 5. The molecule has 1 aromatic carbocycles. The van der Waals surface area contributed by atoms with Gasteiger partial charge in [0.1, 0.15) is 5.82 Å². The Balaban J connectivity index is 2.84. The Bertz CT molecular complexity index is 675. The van der Waals surface area contributed by atoms with E-state index < -0.39 is 5.56 Å². The normalized spacial score (nSPS) is 10.1. The van der Waals surface area contributed by atoms with Gasteiger partial charge in [-0.15, -0.1) is 4.91 Å². The van der Waals surface area contributed by atoms with Gasteiger partial charge in [-0.3, -0.25) is 14.3 Å². The van der Waals surface area contributed by atoms with Crippen molar-refractivity contribution in [3.05, 3.63) is 50.4 Å². The number of nitrogens with one attached hydrogen (secondary N) is 1. The highest BCUT2D eigenvalue weighted by Crippen LogP contribution is 2.20. The summed E-state index contributed by atoms with van der Waals surface area (Å²) in [6.07, 6.45) is 0. The monoisotopic (exact) mass is 248 g/mol. The summed E-state index contributed by atoms with van der Waals surface area (Å²) in [5.41, 5.74) is 5.30. The van der Waals surface area contributed by atoms with Crippen molar-refractivity contribution >= 4 is 23.7 Å². The van der Waals surface area contributed by atoms with Gasteiger partial charge in [-0.1, -0.05) is 18.2 Å². The Kier molecular flexibility index (Phi) is 2.84. The van der Waals surface area contributed by atoms with Gasteiger partial charge in [-0.25, -0.2) is 0 Å². The second kappa shape index (κ2) is 4.30.